The summed E-state index contributed by atoms with van der Waals surface area (Å²) in [5.74, 6) is -1.29. The Hall–Kier alpha value is -2.61. The minimum Gasteiger partial charge on any atom is -0.478 e. The van der Waals surface area contributed by atoms with E-state index in [2.05, 4.69) is 10.4 Å². The smallest absolute Gasteiger partial charge is 0.346 e. The summed E-state index contributed by atoms with van der Waals surface area (Å²) in [6, 6.07) is 4.16. The van der Waals surface area contributed by atoms with Gasteiger partial charge in [-0.25, -0.2) is 14.3 Å². The van der Waals surface area contributed by atoms with E-state index in [4.69, 9.17) is 16.7 Å². The molecule has 1 aromatic heterocycles. The molecule has 1 aromatic carbocycles. The van der Waals surface area contributed by atoms with Crippen molar-refractivity contribution in [1.29, 1.82) is 0 Å². The number of carboxylic acid groups (broad SMARTS) is 1. The van der Waals surface area contributed by atoms with Crippen LogP contribution in [0.1, 0.15) is 10.4 Å². The van der Waals surface area contributed by atoms with Crippen molar-refractivity contribution in [2.45, 2.75) is 0 Å². The van der Waals surface area contributed by atoms with E-state index in [1.807, 2.05) is 0 Å². The molecule has 2 aromatic rings. The van der Waals surface area contributed by atoms with E-state index in [1.54, 1.807) is 0 Å². The number of nitrogens with zero attached hydrogens (tertiary/aromatic N) is 3. The molecule has 0 bridgehead atoms. The Morgan fingerprint density at radius 3 is 2.62 bits per heavy atom. The largest absolute Gasteiger partial charge is 0.478 e. The van der Waals surface area contributed by atoms with Gasteiger partial charge in [0.1, 0.15) is 0 Å². The van der Waals surface area contributed by atoms with Crippen LogP contribution in [0.5, 0.6) is 0 Å². The predicted molar refractivity (Wildman–Crippen MR) is 76.4 cm³/mol. The number of nitrogens with one attached hydrogen (secondary N) is 1. The Kier molecular flexibility index (Phi) is 3.81. The molecule has 0 unspecified atom stereocenters. The summed E-state index contributed by atoms with van der Waals surface area (Å²) < 4.78 is 1.89. The summed E-state index contributed by atoms with van der Waals surface area (Å²) in [5.41, 5.74) is -0.971. The normalized spacial score (nSPS) is 10.4. The van der Waals surface area contributed by atoms with Crippen LogP contribution in [-0.4, -0.2) is 25.4 Å². The Morgan fingerprint density at radius 1 is 1.33 bits per heavy atom. The summed E-state index contributed by atoms with van der Waals surface area (Å²) in [6.07, 6.45) is 0. The molecule has 9 heteroatoms. The van der Waals surface area contributed by atoms with Crippen molar-refractivity contribution in [2.24, 2.45) is 14.1 Å². The van der Waals surface area contributed by atoms with Crippen LogP contribution in [0, 0.1) is 0 Å². The lowest BCUT2D eigenvalue weighted by atomic mass is 10.2. The second kappa shape index (κ2) is 5.41. The van der Waals surface area contributed by atoms with Gasteiger partial charge in [-0.1, -0.05) is 11.6 Å². The first kappa shape index (κ1) is 14.8. The van der Waals surface area contributed by atoms with E-state index in [-0.39, 0.29) is 16.4 Å². The number of carboxylic acids is 1. The molecule has 110 valence electrons. The van der Waals surface area contributed by atoms with Crippen LogP contribution in [0.25, 0.3) is 0 Å². The van der Waals surface area contributed by atoms with Gasteiger partial charge in [-0.05, 0) is 18.2 Å². The fraction of sp³-hybridized carbons (Fsp3) is 0.167. The fourth-order valence-electron chi connectivity index (χ4n) is 1.68. The Bertz CT molecular complexity index is 840. The van der Waals surface area contributed by atoms with Crippen LogP contribution in [0.3, 0.4) is 0 Å². The highest BCUT2D eigenvalue weighted by molar-refractivity contribution is 6.33. The second-order valence-electron chi connectivity index (χ2n) is 4.24. The highest BCUT2D eigenvalue weighted by Crippen LogP contribution is 2.21. The van der Waals surface area contributed by atoms with Crippen molar-refractivity contribution in [1.82, 2.24) is 14.3 Å². The van der Waals surface area contributed by atoms with Gasteiger partial charge in [-0.3, -0.25) is 9.36 Å². The average molecular weight is 311 g/mol. The van der Waals surface area contributed by atoms with Crippen molar-refractivity contribution in [2.75, 3.05) is 5.32 Å². The van der Waals surface area contributed by atoms with Crippen molar-refractivity contribution < 1.29 is 9.90 Å². The van der Waals surface area contributed by atoms with Gasteiger partial charge in [-0.2, -0.15) is 0 Å². The monoisotopic (exact) mass is 310 g/mol. The first-order chi connectivity index (χ1) is 9.81. The fourth-order valence-corrected chi connectivity index (χ4v) is 1.88. The number of aromatic nitrogens is 3. The van der Waals surface area contributed by atoms with Crippen LogP contribution in [0.15, 0.2) is 27.8 Å². The van der Waals surface area contributed by atoms with Crippen LogP contribution in [0.2, 0.25) is 5.02 Å². The molecule has 2 rings (SSSR count). The lowest BCUT2D eigenvalue weighted by Gasteiger charge is -2.09. The number of aromatic carboxylic acids is 1. The van der Waals surface area contributed by atoms with Crippen LogP contribution in [0.4, 0.5) is 11.5 Å². The summed E-state index contributed by atoms with van der Waals surface area (Å²) in [7, 11) is 2.72. The predicted octanol–water partition coefficient (Wildman–Crippen LogP) is 0.574. The van der Waals surface area contributed by atoms with Crippen molar-refractivity contribution in [3.63, 3.8) is 0 Å². The molecule has 0 atom stereocenters. The van der Waals surface area contributed by atoms with Gasteiger partial charge < -0.3 is 10.4 Å². The van der Waals surface area contributed by atoms with Crippen molar-refractivity contribution in [3.8, 4) is 0 Å². The number of halogens is 1. The van der Waals surface area contributed by atoms with Gasteiger partial charge in [0, 0.05) is 19.8 Å². The molecule has 21 heavy (non-hydrogen) atoms. The third-order valence-electron chi connectivity index (χ3n) is 2.78. The number of hydrogen-bond acceptors (Lipinski definition) is 5. The van der Waals surface area contributed by atoms with Gasteiger partial charge in [0.2, 0.25) is 5.82 Å². The maximum atomic E-state index is 11.9. The van der Waals surface area contributed by atoms with Gasteiger partial charge in [-0.15, -0.1) is 5.10 Å². The minimum absolute atomic E-state index is 0.0781. The molecule has 0 fully saturated rings. The highest BCUT2D eigenvalue weighted by atomic mass is 35.5. The number of hydrogen-bond donors (Lipinski definition) is 2. The number of anilines is 2. The van der Waals surface area contributed by atoms with E-state index in [0.29, 0.717) is 5.69 Å². The lowest BCUT2D eigenvalue weighted by molar-refractivity contribution is 0.0697. The Morgan fingerprint density at radius 2 is 2.00 bits per heavy atom. The lowest BCUT2D eigenvalue weighted by Crippen LogP contribution is -2.39. The Labute approximate surface area is 123 Å². The summed E-state index contributed by atoms with van der Waals surface area (Å²) in [6.45, 7) is 0. The molecule has 0 amide bonds. The SMILES string of the molecule is Cn1nc(Nc2ccc(Cl)c(C(=O)O)c2)c(=O)n(C)c1=O. The standard InChI is InChI=1S/C12H11ClN4O4/c1-16-10(18)9(15-17(2)12(16)21)14-6-3-4-8(13)7(5-6)11(19)20/h3-5H,1-2H3,(H,14,15)(H,19,20). The van der Waals surface area contributed by atoms with E-state index >= 15 is 0 Å². The molecule has 0 aliphatic carbocycles. The van der Waals surface area contributed by atoms with E-state index in [0.717, 1.165) is 9.25 Å². The molecule has 0 saturated carbocycles. The van der Waals surface area contributed by atoms with Crippen molar-refractivity contribution >= 4 is 29.1 Å². The van der Waals surface area contributed by atoms with Crippen LogP contribution < -0.4 is 16.6 Å². The molecule has 0 radical (unpaired) electrons. The quantitative estimate of drug-likeness (QED) is 0.858. The van der Waals surface area contributed by atoms with Crippen molar-refractivity contribution in [3.05, 3.63) is 49.6 Å². The molecule has 8 nitrogen and oxygen atoms in total. The molecule has 0 spiro atoms. The van der Waals surface area contributed by atoms with E-state index < -0.39 is 17.2 Å². The van der Waals surface area contributed by atoms with Crippen LogP contribution >= 0.6 is 11.6 Å². The summed E-state index contributed by atoms with van der Waals surface area (Å²) >= 11 is 5.76. The van der Waals surface area contributed by atoms with Gasteiger partial charge in [0.25, 0.3) is 5.56 Å². The van der Waals surface area contributed by atoms with E-state index in [1.165, 1.54) is 32.3 Å². The molecule has 0 saturated heterocycles. The second-order valence-corrected chi connectivity index (χ2v) is 4.65. The van der Waals surface area contributed by atoms with Gasteiger partial charge in [0.05, 0.1) is 10.6 Å². The third-order valence-corrected chi connectivity index (χ3v) is 3.11. The zero-order valence-corrected chi connectivity index (χ0v) is 11.9. The number of rotatable bonds is 3. The molecule has 0 aliphatic heterocycles. The summed E-state index contributed by atoms with van der Waals surface area (Å²) in [4.78, 5) is 34.4. The zero-order chi connectivity index (χ0) is 15.7. The maximum absolute atomic E-state index is 11.9. The number of aryl methyl sites for hydroxylation is 1. The van der Waals surface area contributed by atoms with Gasteiger partial charge >= 0.3 is 11.7 Å². The zero-order valence-electron chi connectivity index (χ0n) is 11.1. The van der Waals surface area contributed by atoms with Crippen LogP contribution in [-0.2, 0) is 14.1 Å². The molecule has 1 heterocycles. The maximum Gasteiger partial charge on any atom is 0.346 e. The van der Waals surface area contributed by atoms with E-state index in [9.17, 15) is 14.4 Å². The number of carbonyl (C=O) groups is 1. The molecular formula is C12H11ClN4O4. The molecular weight excluding hydrogens is 300 g/mol. The molecule has 2 N–H and O–H groups in total. The topological polar surface area (TPSA) is 106 Å². The summed E-state index contributed by atoms with van der Waals surface area (Å²) in [5, 5.41) is 15.6. The average Bonchev–Trinajstić information content (AvgIpc) is 2.44. The first-order valence-electron chi connectivity index (χ1n) is 5.75. The highest BCUT2D eigenvalue weighted by Gasteiger charge is 2.12. The molecule has 0 aliphatic rings. The number of benzene rings is 1. The first-order valence-corrected chi connectivity index (χ1v) is 6.13. The Balaban J connectivity index is 2.49. The van der Waals surface area contributed by atoms with Gasteiger partial charge in [0.15, 0.2) is 0 Å². The third kappa shape index (κ3) is 2.79. The minimum atomic E-state index is -1.19.